The summed E-state index contributed by atoms with van der Waals surface area (Å²) >= 11 is 8.49. The molecule has 0 aliphatic rings. The molecule has 0 unspecified atom stereocenters. The Labute approximate surface area is 454 Å². The summed E-state index contributed by atoms with van der Waals surface area (Å²) in [7, 11) is 6.11. The molecule has 26 nitrogen and oxygen atoms in total. The molecule has 29 heteroatoms. The van der Waals surface area contributed by atoms with E-state index in [4.69, 9.17) is 54.3 Å². The minimum absolute atomic E-state index is 0.0336. The SMILES string of the molecule is CC(=O)O.CC(=O)O.CC(C)(C)OC(=O)OC(=O)OC(C)(C)C.CC(N)=S.CCOC(=O)C(=O)CBr.CN.CNC(=O)OC(C)(C)C.CNC(=O)OC(C)(C)C.CNC(=O)OC(C)(C)C.Cc1nc(C(=O)O)cs1. The van der Waals surface area contributed by atoms with Crippen LogP contribution >= 0.6 is 39.5 Å². The third-order valence-electron chi connectivity index (χ3n) is 4.22. The first-order valence-electron chi connectivity index (χ1n) is 21.5. The van der Waals surface area contributed by atoms with Gasteiger partial charge < -0.3 is 75.9 Å². The minimum Gasteiger partial charge on any atom is -0.481 e. The highest BCUT2D eigenvalue weighted by molar-refractivity contribution is 9.09. The van der Waals surface area contributed by atoms with Crippen molar-refractivity contribution in [1.82, 2.24) is 20.9 Å². The molecule has 0 aromatic carbocycles. The highest BCUT2D eigenvalue weighted by Gasteiger charge is 2.24. The Bertz CT molecular complexity index is 1650. The standard InChI is InChI=1S/C10H18O5.3C6H13NO2.C5H7BrO3.C5H5NO2S.C2H5NS.2C2H4O2.CH5N/c1-9(2,3)14-7(11)13-8(12)15-10(4,5)6;3*1-6(2,3)9-5(8)7-4;1-2-9-5(8)4(7)3-6;1-3-6-4(2-9-3)5(7)8;3*1-2(3)4;1-2/h1-6H3;3*1-4H3,(H,7,8);2-3H2,1H3;2H,1H3,(H,7,8);1H3,(H2,3,4);2*1H3,(H,3,4);2H2,1H3. The van der Waals surface area contributed by atoms with Crippen molar-refractivity contribution in [3.8, 4) is 0 Å². The molecule has 0 saturated carbocycles. The number of nitrogens with one attached hydrogen (secondary N) is 3. The van der Waals surface area contributed by atoms with Crippen molar-refractivity contribution < 1.29 is 96.4 Å². The summed E-state index contributed by atoms with van der Waals surface area (Å²) in [6.45, 7) is 33.9. The van der Waals surface area contributed by atoms with Crippen LogP contribution in [-0.2, 0) is 52.3 Å². The Kier molecular flexibility index (Phi) is 56.9. The summed E-state index contributed by atoms with van der Waals surface area (Å²) in [6, 6.07) is 0. The summed E-state index contributed by atoms with van der Waals surface area (Å²) in [4.78, 5) is 107. The number of aromatic carboxylic acids is 1. The lowest BCUT2D eigenvalue weighted by Crippen LogP contribution is -2.30. The molecule has 1 aromatic heterocycles. The first kappa shape index (κ1) is 87.7. The Hall–Kier alpha value is -5.94. The van der Waals surface area contributed by atoms with E-state index in [1.54, 1.807) is 62.3 Å². The lowest BCUT2D eigenvalue weighted by atomic mass is 10.2. The maximum atomic E-state index is 11.0. The zero-order valence-corrected chi connectivity index (χ0v) is 50.8. The number of alkyl carbamates (subject to hydrolysis) is 3. The number of ether oxygens (including phenoxy) is 7. The second-order valence-corrected chi connectivity index (χ2v) is 20.0. The predicted octanol–water partition coefficient (Wildman–Crippen LogP) is 8.01. The number of hydrogen-bond acceptors (Lipinski definition) is 21. The van der Waals surface area contributed by atoms with E-state index in [-0.39, 0.29) is 52.7 Å². The van der Waals surface area contributed by atoms with Crippen LogP contribution in [0.1, 0.15) is 147 Å². The number of carbonyl (C=O) groups is 10. The van der Waals surface area contributed by atoms with Crippen LogP contribution in [0.5, 0.6) is 0 Å². The minimum atomic E-state index is -1.06. The average molecular weight is 1180 g/mol. The number of alkyl halides is 1. The van der Waals surface area contributed by atoms with E-state index in [9.17, 15) is 38.4 Å². The summed E-state index contributed by atoms with van der Waals surface area (Å²) < 4.78 is 32.7. The lowest BCUT2D eigenvalue weighted by Gasteiger charge is -2.20. The molecule has 0 spiro atoms. The Morgan fingerprint density at radius 1 is 0.608 bits per heavy atom. The first-order valence-corrected chi connectivity index (χ1v) is 23.9. The second kappa shape index (κ2) is 48.0. The number of aromatic nitrogens is 1. The number of ketones is 1. The van der Waals surface area contributed by atoms with Crippen LogP contribution in [0.15, 0.2) is 5.38 Å². The zero-order valence-electron chi connectivity index (χ0n) is 47.6. The maximum Gasteiger partial charge on any atom is 0.519 e. The number of rotatable bonds is 4. The number of hydrogen-bond donors (Lipinski definition) is 8. The summed E-state index contributed by atoms with van der Waals surface area (Å²) in [5, 5.41) is 32.6. The highest BCUT2D eigenvalue weighted by atomic mass is 79.9. The number of carbonyl (C=O) groups excluding carboxylic acids is 7. The van der Waals surface area contributed by atoms with Crippen molar-refractivity contribution in [2.24, 2.45) is 11.5 Å². The molecule has 0 aliphatic heterocycles. The number of esters is 1. The number of amides is 3. The molecule has 74 heavy (non-hydrogen) atoms. The highest BCUT2D eigenvalue weighted by Crippen LogP contribution is 2.12. The van der Waals surface area contributed by atoms with Crippen LogP contribution in [0.2, 0.25) is 0 Å². The van der Waals surface area contributed by atoms with E-state index in [0.29, 0.717) is 4.99 Å². The molecule has 1 rings (SSSR count). The van der Waals surface area contributed by atoms with Crippen LogP contribution in [0.25, 0.3) is 0 Å². The molecular formula is C45H87BrN6O20S2. The van der Waals surface area contributed by atoms with Crippen molar-refractivity contribution >= 4 is 105 Å². The Balaban J connectivity index is -0.0000000938. The summed E-state index contributed by atoms with van der Waals surface area (Å²) in [6.07, 6.45) is -3.28. The van der Waals surface area contributed by atoms with E-state index in [0.717, 1.165) is 18.9 Å². The van der Waals surface area contributed by atoms with Gasteiger partial charge in [0.2, 0.25) is 5.78 Å². The van der Waals surface area contributed by atoms with Gasteiger partial charge in [-0.3, -0.25) is 14.4 Å². The van der Waals surface area contributed by atoms with E-state index in [1.165, 1.54) is 44.9 Å². The van der Waals surface area contributed by atoms with Crippen LogP contribution < -0.4 is 27.4 Å². The van der Waals surface area contributed by atoms with Crippen molar-refractivity contribution in [3.63, 3.8) is 0 Å². The number of Topliss-reactive ketones (excluding diaryl/α,β-unsaturated/α-hetero) is 1. The van der Waals surface area contributed by atoms with Gasteiger partial charge in [-0.2, -0.15) is 0 Å². The third-order valence-corrected chi connectivity index (χ3v) is 5.50. The topological polar surface area (TPSA) is 397 Å². The van der Waals surface area contributed by atoms with E-state index < -0.39 is 53.2 Å². The summed E-state index contributed by atoms with van der Waals surface area (Å²) in [5.74, 6) is -3.94. The van der Waals surface area contributed by atoms with Crippen molar-refractivity contribution in [3.05, 3.63) is 16.1 Å². The molecule has 0 fully saturated rings. The number of nitrogens with zero attached hydrogens (tertiary/aromatic N) is 1. The summed E-state index contributed by atoms with van der Waals surface area (Å²) in [5.41, 5.74) is 6.92. The van der Waals surface area contributed by atoms with E-state index >= 15 is 0 Å². The molecule has 436 valence electrons. The van der Waals surface area contributed by atoms with Crippen molar-refractivity contribution in [1.29, 1.82) is 0 Å². The molecule has 1 heterocycles. The van der Waals surface area contributed by atoms with Gasteiger partial charge in [-0.05, 0) is 132 Å². The van der Waals surface area contributed by atoms with Crippen LogP contribution in [0.3, 0.4) is 0 Å². The number of halogens is 1. The van der Waals surface area contributed by atoms with E-state index in [1.807, 2.05) is 62.3 Å². The normalized spacial score (nSPS) is 9.59. The van der Waals surface area contributed by atoms with Crippen LogP contribution in [0.4, 0.5) is 24.0 Å². The molecule has 0 saturated heterocycles. The predicted molar refractivity (Wildman–Crippen MR) is 288 cm³/mol. The van der Waals surface area contributed by atoms with Gasteiger partial charge in [-0.15, -0.1) is 11.3 Å². The van der Waals surface area contributed by atoms with Gasteiger partial charge >= 0.3 is 42.5 Å². The van der Waals surface area contributed by atoms with Gasteiger partial charge in [0.15, 0.2) is 5.69 Å². The molecular weight excluding hydrogens is 1090 g/mol. The molecule has 3 amide bonds. The van der Waals surface area contributed by atoms with E-state index in [2.05, 4.69) is 64.3 Å². The van der Waals surface area contributed by atoms with Gasteiger partial charge in [0.05, 0.1) is 21.9 Å². The number of carboxylic acids is 3. The van der Waals surface area contributed by atoms with Gasteiger partial charge in [-0.1, -0.05) is 28.1 Å². The van der Waals surface area contributed by atoms with Gasteiger partial charge in [0, 0.05) is 40.4 Å². The van der Waals surface area contributed by atoms with Gasteiger partial charge in [-0.25, -0.2) is 38.5 Å². The van der Waals surface area contributed by atoms with Gasteiger partial charge in [0.25, 0.3) is 11.9 Å². The number of carboxylic acid groups (broad SMARTS) is 3. The average Bonchev–Trinajstić information content (AvgIpc) is 3.62. The molecule has 0 atom stereocenters. The molecule has 0 radical (unpaired) electrons. The molecule has 0 aliphatic carbocycles. The molecule has 0 bridgehead atoms. The fourth-order valence-corrected chi connectivity index (χ4v) is 3.14. The largest absolute Gasteiger partial charge is 0.519 e. The lowest BCUT2D eigenvalue weighted by molar-refractivity contribution is -0.152. The molecule has 10 N–H and O–H groups in total. The number of aryl methyl sites for hydroxylation is 1. The zero-order chi connectivity index (χ0) is 61.6. The third kappa shape index (κ3) is 107. The number of thiocarbonyl (C=S) groups is 1. The maximum absolute atomic E-state index is 11.0. The van der Waals surface area contributed by atoms with Crippen molar-refractivity contribution in [2.45, 2.75) is 166 Å². The number of aliphatic carboxylic acids is 2. The molecule has 1 aromatic rings. The fourth-order valence-electron chi connectivity index (χ4n) is 2.32. The Morgan fingerprint density at radius 2 is 0.851 bits per heavy atom. The monoisotopic (exact) mass is 1170 g/mol. The quantitative estimate of drug-likeness (QED) is 0.0353. The van der Waals surface area contributed by atoms with Crippen LogP contribution in [0, 0.1) is 6.92 Å². The number of nitrogens with two attached hydrogens (primary N) is 2. The van der Waals surface area contributed by atoms with Gasteiger partial charge in [0.1, 0.15) is 28.0 Å². The smallest absolute Gasteiger partial charge is 0.481 e. The Morgan fingerprint density at radius 3 is 0.973 bits per heavy atom. The van der Waals surface area contributed by atoms with Crippen molar-refractivity contribution in [2.75, 3.05) is 40.1 Å². The number of thiazole rings is 1. The first-order chi connectivity index (χ1) is 33.0. The van der Waals surface area contributed by atoms with Crippen LogP contribution in [-0.4, -0.2) is 154 Å². The second-order valence-electron chi connectivity index (χ2n) is 17.8. The fraction of sp³-hybridized carbons (Fsp3) is 0.689.